The molecule has 0 spiro atoms. The lowest BCUT2D eigenvalue weighted by Gasteiger charge is -2.34. The van der Waals surface area contributed by atoms with Crippen LogP contribution in [0.25, 0.3) is 0 Å². The molecule has 1 unspecified atom stereocenters. The minimum absolute atomic E-state index is 0.455. The van der Waals surface area contributed by atoms with Crippen molar-refractivity contribution in [2.45, 2.75) is 33.2 Å². The zero-order valence-electron chi connectivity index (χ0n) is 17.0. The number of nitrogens with zero attached hydrogens (tertiary/aromatic N) is 3. The van der Waals surface area contributed by atoms with Crippen LogP contribution in [0.3, 0.4) is 0 Å². The highest BCUT2D eigenvalue weighted by molar-refractivity contribution is 5.79. The van der Waals surface area contributed by atoms with Crippen molar-refractivity contribution in [2.24, 2.45) is 10.9 Å². The Morgan fingerprint density at radius 3 is 2.81 bits per heavy atom. The normalized spacial score (nSPS) is 17.0. The van der Waals surface area contributed by atoms with Gasteiger partial charge in [0.1, 0.15) is 12.4 Å². The first kappa shape index (κ1) is 21.4. The number of morpholine rings is 1. The largest absolute Gasteiger partial charge is 0.490 e. The molecule has 0 aromatic carbocycles. The standard InChI is InChI=1S/C20H35N5O2/c1-4-22-20(23-8-11-27-19-6-5-7-21-16-19)24-15-18(14-17(2)3)25-9-12-26-13-10-25/h5-7,16-18H,4,8-15H2,1-3H3,(H2,22,23,24). The average Bonchev–Trinajstić information content (AvgIpc) is 2.69. The molecule has 2 heterocycles. The highest BCUT2D eigenvalue weighted by atomic mass is 16.5. The van der Waals surface area contributed by atoms with Crippen LogP contribution in [0, 0.1) is 5.92 Å². The Morgan fingerprint density at radius 1 is 1.33 bits per heavy atom. The lowest BCUT2D eigenvalue weighted by molar-refractivity contribution is 0.0143. The molecule has 0 saturated carbocycles. The van der Waals surface area contributed by atoms with E-state index in [1.807, 2.05) is 12.1 Å². The van der Waals surface area contributed by atoms with E-state index < -0.39 is 0 Å². The van der Waals surface area contributed by atoms with E-state index in [9.17, 15) is 0 Å². The summed E-state index contributed by atoms with van der Waals surface area (Å²) in [6.45, 7) is 13.1. The summed E-state index contributed by atoms with van der Waals surface area (Å²) >= 11 is 0. The van der Waals surface area contributed by atoms with Gasteiger partial charge in [-0.2, -0.15) is 0 Å². The van der Waals surface area contributed by atoms with Crippen molar-refractivity contribution in [3.63, 3.8) is 0 Å². The highest BCUT2D eigenvalue weighted by Crippen LogP contribution is 2.14. The Hall–Kier alpha value is -1.86. The summed E-state index contributed by atoms with van der Waals surface area (Å²) in [5.74, 6) is 2.27. The van der Waals surface area contributed by atoms with Crippen LogP contribution in [0.2, 0.25) is 0 Å². The number of pyridine rings is 1. The van der Waals surface area contributed by atoms with Gasteiger partial charge in [0.15, 0.2) is 5.96 Å². The Balaban J connectivity index is 1.83. The molecule has 2 rings (SSSR count). The third kappa shape index (κ3) is 8.58. The molecule has 1 aromatic heterocycles. The molecule has 0 radical (unpaired) electrons. The van der Waals surface area contributed by atoms with Crippen molar-refractivity contribution < 1.29 is 9.47 Å². The summed E-state index contributed by atoms with van der Waals surface area (Å²) in [6, 6.07) is 4.23. The Labute approximate surface area is 163 Å². The first-order valence-corrected chi connectivity index (χ1v) is 10.1. The quantitative estimate of drug-likeness (QED) is 0.368. The monoisotopic (exact) mass is 377 g/mol. The smallest absolute Gasteiger partial charge is 0.191 e. The van der Waals surface area contributed by atoms with Gasteiger partial charge in [-0.3, -0.25) is 14.9 Å². The summed E-state index contributed by atoms with van der Waals surface area (Å²) in [6.07, 6.45) is 4.61. The number of ether oxygens (including phenoxy) is 2. The minimum atomic E-state index is 0.455. The molecule has 152 valence electrons. The van der Waals surface area contributed by atoms with Gasteiger partial charge >= 0.3 is 0 Å². The molecule has 7 heteroatoms. The second kappa shape index (κ2) is 12.5. The number of guanidine groups is 1. The van der Waals surface area contributed by atoms with Crippen molar-refractivity contribution in [3.05, 3.63) is 24.5 Å². The molecule has 27 heavy (non-hydrogen) atoms. The molecule has 1 aromatic rings. The second-order valence-corrected chi connectivity index (χ2v) is 7.12. The number of aromatic nitrogens is 1. The lowest BCUT2D eigenvalue weighted by atomic mass is 10.0. The van der Waals surface area contributed by atoms with E-state index in [2.05, 4.69) is 41.3 Å². The van der Waals surface area contributed by atoms with E-state index in [1.165, 1.54) is 0 Å². The van der Waals surface area contributed by atoms with Gasteiger partial charge in [0.25, 0.3) is 0 Å². The van der Waals surface area contributed by atoms with Crippen LogP contribution in [-0.2, 0) is 4.74 Å². The molecule has 1 saturated heterocycles. The molecule has 1 atom stereocenters. The maximum atomic E-state index is 5.68. The van der Waals surface area contributed by atoms with Gasteiger partial charge < -0.3 is 20.1 Å². The van der Waals surface area contributed by atoms with E-state index in [0.29, 0.717) is 25.1 Å². The molecule has 0 amide bonds. The van der Waals surface area contributed by atoms with E-state index in [-0.39, 0.29) is 0 Å². The van der Waals surface area contributed by atoms with Crippen molar-refractivity contribution >= 4 is 5.96 Å². The van der Waals surface area contributed by atoms with Gasteiger partial charge in [0, 0.05) is 31.9 Å². The molecule has 1 fully saturated rings. The van der Waals surface area contributed by atoms with E-state index in [1.54, 1.807) is 12.4 Å². The Kier molecular flexibility index (Phi) is 9.94. The van der Waals surface area contributed by atoms with Gasteiger partial charge in [-0.15, -0.1) is 0 Å². The summed E-state index contributed by atoms with van der Waals surface area (Å²) in [5.41, 5.74) is 0. The maximum absolute atomic E-state index is 5.68. The fraction of sp³-hybridized carbons (Fsp3) is 0.700. The first-order chi connectivity index (χ1) is 13.2. The number of rotatable bonds is 10. The molecule has 0 bridgehead atoms. The second-order valence-electron chi connectivity index (χ2n) is 7.12. The van der Waals surface area contributed by atoms with Crippen LogP contribution >= 0.6 is 0 Å². The summed E-state index contributed by atoms with van der Waals surface area (Å²) in [5, 5.41) is 6.67. The Morgan fingerprint density at radius 2 is 2.15 bits per heavy atom. The van der Waals surface area contributed by atoms with Crippen LogP contribution in [-0.4, -0.2) is 74.4 Å². The SMILES string of the molecule is CCNC(=NCC(CC(C)C)N1CCOCC1)NCCOc1cccnc1. The topological polar surface area (TPSA) is 71.0 Å². The predicted octanol–water partition coefficient (Wildman–Crippen LogP) is 1.76. The minimum Gasteiger partial charge on any atom is -0.490 e. The molecule has 0 aliphatic carbocycles. The van der Waals surface area contributed by atoms with Crippen LogP contribution in [0.4, 0.5) is 0 Å². The number of nitrogens with one attached hydrogen (secondary N) is 2. The van der Waals surface area contributed by atoms with Gasteiger partial charge in [-0.05, 0) is 31.4 Å². The van der Waals surface area contributed by atoms with Crippen LogP contribution in [0.1, 0.15) is 27.2 Å². The highest BCUT2D eigenvalue weighted by Gasteiger charge is 2.21. The summed E-state index contributed by atoms with van der Waals surface area (Å²) < 4.78 is 11.2. The molecular formula is C20H35N5O2. The number of hydrogen-bond donors (Lipinski definition) is 2. The number of hydrogen-bond acceptors (Lipinski definition) is 5. The summed E-state index contributed by atoms with van der Waals surface area (Å²) in [4.78, 5) is 11.4. The third-order valence-electron chi connectivity index (χ3n) is 4.41. The number of aliphatic imine (C=N–C) groups is 1. The van der Waals surface area contributed by atoms with Gasteiger partial charge in [-0.25, -0.2) is 0 Å². The fourth-order valence-corrected chi connectivity index (χ4v) is 3.14. The fourth-order valence-electron chi connectivity index (χ4n) is 3.14. The van der Waals surface area contributed by atoms with Crippen LogP contribution < -0.4 is 15.4 Å². The van der Waals surface area contributed by atoms with E-state index in [4.69, 9.17) is 14.5 Å². The third-order valence-corrected chi connectivity index (χ3v) is 4.41. The van der Waals surface area contributed by atoms with E-state index in [0.717, 1.165) is 57.5 Å². The van der Waals surface area contributed by atoms with Crippen molar-refractivity contribution in [2.75, 3.05) is 52.5 Å². The predicted molar refractivity (Wildman–Crippen MR) is 109 cm³/mol. The molecule has 7 nitrogen and oxygen atoms in total. The first-order valence-electron chi connectivity index (χ1n) is 10.1. The van der Waals surface area contributed by atoms with E-state index >= 15 is 0 Å². The van der Waals surface area contributed by atoms with Crippen molar-refractivity contribution in [1.82, 2.24) is 20.5 Å². The molecule has 2 N–H and O–H groups in total. The van der Waals surface area contributed by atoms with Crippen LogP contribution in [0.5, 0.6) is 5.75 Å². The molecule has 1 aliphatic heterocycles. The van der Waals surface area contributed by atoms with Gasteiger partial charge in [0.2, 0.25) is 0 Å². The zero-order chi connectivity index (χ0) is 19.3. The average molecular weight is 378 g/mol. The van der Waals surface area contributed by atoms with Gasteiger partial charge in [0.05, 0.1) is 32.5 Å². The molecule has 1 aliphatic rings. The van der Waals surface area contributed by atoms with Crippen molar-refractivity contribution in [3.8, 4) is 5.75 Å². The zero-order valence-corrected chi connectivity index (χ0v) is 17.0. The van der Waals surface area contributed by atoms with Crippen LogP contribution in [0.15, 0.2) is 29.5 Å². The molecular weight excluding hydrogens is 342 g/mol. The lowest BCUT2D eigenvalue weighted by Crippen LogP contribution is -2.46. The van der Waals surface area contributed by atoms with Crippen molar-refractivity contribution in [1.29, 1.82) is 0 Å². The van der Waals surface area contributed by atoms with Gasteiger partial charge in [-0.1, -0.05) is 13.8 Å². The Bertz CT molecular complexity index is 532. The summed E-state index contributed by atoms with van der Waals surface area (Å²) in [7, 11) is 0. The maximum Gasteiger partial charge on any atom is 0.191 e.